The Morgan fingerprint density at radius 3 is 2.75 bits per heavy atom. The lowest BCUT2D eigenvalue weighted by Crippen LogP contribution is -2.21. The minimum absolute atomic E-state index is 0.0467. The molecule has 5 heteroatoms. The number of aliphatic carboxylic acids is 1. The molecule has 0 aromatic carbocycles. The van der Waals surface area contributed by atoms with E-state index >= 15 is 0 Å². The van der Waals surface area contributed by atoms with E-state index in [0.717, 1.165) is 5.56 Å². The summed E-state index contributed by atoms with van der Waals surface area (Å²) in [4.78, 5) is 17.7. The van der Waals surface area contributed by atoms with Gasteiger partial charge < -0.3 is 10.4 Å². The summed E-state index contributed by atoms with van der Waals surface area (Å²) in [6.45, 7) is 0.433. The van der Waals surface area contributed by atoms with Crippen molar-refractivity contribution in [3.05, 3.63) is 24.3 Å². The van der Waals surface area contributed by atoms with Crippen LogP contribution in [-0.2, 0) is 11.3 Å². The molecule has 0 aliphatic heterocycles. The van der Waals surface area contributed by atoms with Gasteiger partial charge in [-0.25, -0.2) is 9.97 Å². The minimum atomic E-state index is -0.869. The van der Waals surface area contributed by atoms with E-state index in [1.807, 2.05) is 0 Å². The molecule has 0 saturated carbocycles. The molecule has 0 spiro atoms. The molecule has 1 aromatic rings. The van der Waals surface area contributed by atoms with Gasteiger partial charge in [0.25, 0.3) is 0 Å². The van der Waals surface area contributed by atoms with Crippen LogP contribution in [0, 0.1) is 0 Å². The molecule has 0 amide bonds. The van der Waals surface area contributed by atoms with Gasteiger partial charge in [0.05, 0.1) is 6.54 Å². The van der Waals surface area contributed by atoms with E-state index in [9.17, 15) is 4.79 Å². The van der Waals surface area contributed by atoms with Gasteiger partial charge in [-0.05, 0) is 0 Å². The lowest BCUT2D eigenvalue weighted by molar-refractivity contribution is -0.135. The number of carboxylic acids is 1. The number of aromatic nitrogens is 2. The normalized spacial score (nSPS) is 9.67. The second-order valence-corrected chi connectivity index (χ2v) is 2.24. The number of nitrogens with one attached hydrogen (secondary N) is 1. The molecule has 1 aromatic heterocycles. The van der Waals surface area contributed by atoms with Crippen molar-refractivity contribution in [1.29, 1.82) is 0 Å². The van der Waals surface area contributed by atoms with E-state index in [2.05, 4.69) is 15.3 Å². The highest BCUT2D eigenvalue weighted by atomic mass is 16.4. The molecule has 0 saturated heterocycles. The van der Waals surface area contributed by atoms with E-state index in [0.29, 0.717) is 6.54 Å². The number of hydrogen-bond acceptors (Lipinski definition) is 4. The summed E-state index contributed by atoms with van der Waals surface area (Å²) < 4.78 is 0. The summed E-state index contributed by atoms with van der Waals surface area (Å²) in [5.74, 6) is -0.869. The van der Waals surface area contributed by atoms with Crippen LogP contribution in [-0.4, -0.2) is 27.6 Å². The quantitative estimate of drug-likeness (QED) is 0.641. The Balaban J connectivity index is 2.29. The Kier molecular flexibility index (Phi) is 3.16. The maximum absolute atomic E-state index is 10.1. The highest BCUT2D eigenvalue weighted by molar-refractivity contribution is 5.68. The van der Waals surface area contributed by atoms with Crippen molar-refractivity contribution in [2.75, 3.05) is 6.54 Å². The smallest absolute Gasteiger partial charge is 0.317 e. The molecule has 0 aliphatic rings. The Hall–Kier alpha value is -1.49. The third kappa shape index (κ3) is 3.07. The minimum Gasteiger partial charge on any atom is -0.480 e. The van der Waals surface area contributed by atoms with Crippen molar-refractivity contribution in [3.8, 4) is 0 Å². The third-order valence-corrected chi connectivity index (χ3v) is 1.22. The van der Waals surface area contributed by atoms with Crippen molar-refractivity contribution in [2.24, 2.45) is 0 Å². The first-order chi connectivity index (χ1) is 5.79. The lowest BCUT2D eigenvalue weighted by atomic mass is 10.3. The molecule has 0 atom stereocenters. The van der Waals surface area contributed by atoms with Gasteiger partial charge in [0.2, 0.25) is 0 Å². The molecule has 0 radical (unpaired) electrons. The summed E-state index contributed by atoms with van der Waals surface area (Å²) in [6, 6.07) is 0. The first kappa shape index (κ1) is 8.61. The van der Waals surface area contributed by atoms with Crippen LogP contribution in [0.3, 0.4) is 0 Å². The molecule has 64 valence electrons. The molecule has 0 unspecified atom stereocenters. The Labute approximate surface area is 69.5 Å². The van der Waals surface area contributed by atoms with Crippen LogP contribution in [0.2, 0.25) is 0 Å². The van der Waals surface area contributed by atoms with Crippen molar-refractivity contribution < 1.29 is 9.90 Å². The molecule has 1 heterocycles. The van der Waals surface area contributed by atoms with Gasteiger partial charge in [-0.1, -0.05) is 0 Å². The number of carboxylic acid groups (broad SMARTS) is 1. The second kappa shape index (κ2) is 4.40. The fourth-order valence-electron chi connectivity index (χ4n) is 0.735. The van der Waals surface area contributed by atoms with Gasteiger partial charge in [0.1, 0.15) is 6.33 Å². The summed E-state index contributed by atoms with van der Waals surface area (Å²) >= 11 is 0. The fourth-order valence-corrected chi connectivity index (χ4v) is 0.735. The van der Waals surface area contributed by atoms with E-state index in [-0.39, 0.29) is 6.54 Å². The lowest BCUT2D eigenvalue weighted by Gasteiger charge is -1.99. The standard InChI is InChI=1S/C7H9N3O2/c11-7(12)4-8-1-6-2-9-5-10-3-6/h2-3,5,8H,1,4H2,(H,11,12). The maximum Gasteiger partial charge on any atom is 0.317 e. The van der Waals surface area contributed by atoms with Crippen LogP contribution in [0.4, 0.5) is 0 Å². The van der Waals surface area contributed by atoms with Crippen LogP contribution in [0.1, 0.15) is 5.56 Å². The Morgan fingerprint density at radius 2 is 2.17 bits per heavy atom. The van der Waals surface area contributed by atoms with E-state index in [1.165, 1.54) is 6.33 Å². The van der Waals surface area contributed by atoms with Crippen molar-refractivity contribution >= 4 is 5.97 Å². The Morgan fingerprint density at radius 1 is 1.50 bits per heavy atom. The summed E-state index contributed by atoms with van der Waals surface area (Å²) in [6.07, 6.45) is 4.71. The van der Waals surface area contributed by atoms with Crippen LogP contribution in [0.5, 0.6) is 0 Å². The monoisotopic (exact) mass is 167 g/mol. The average Bonchev–Trinajstić information content (AvgIpc) is 2.05. The largest absolute Gasteiger partial charge is 0.480 e. The van der Waals surface area contributed by atoms with Crippen LogP contribution < -0.4 is 5.32 Å². The van der Waals surface area contributed by atoms with Crippen molar-refractivity contribution in [3.63, 3.8) is 0 Å². The van der Waals surface area contributed by atoms with E-state index < -0.39 is 5.97 Å². The molecule has 12 heavy (non-hydrogen) atoms. The van der Waals surface area contributed by atoms with Gasteiger partial charge in [-0.2, -0.15) is 0 Å². The number of carbonyl (C=O) groups is 1. The topological polar surface area (TPSA) is 75.1 Å². The number of rotatable bonds is 4. The number of hydrogen-bond donors (Lipinski definition) is 2. The predicted octanol–water partition coefficient (Wildman–Crippen LogP) is -0.349. The van der Waals surface area contributed by atoms with Crippen LogP contribution >= 0.6 is 0 Å². The molecule has 0 aliphatic carbocycles. The zero-order chi connectivity index (χ0) is 8.81. The van der Waals surface area contributed by atoms with Gasteiger partial charge >= 0.3 is 5.97 Å². The van der Waals surface area contributed by atoms with E-state index in [4.69, 9.17) is 5.11 Å². The summed E-state index contributed by atoms with van der Waals surface area (Å²) in [5.41, 5.74) is 0.874. The van der Waals surface area contributed by atoms with Crippen molar-refractivity contribution in [1.82, 2.24) is 15.3 Å². The predicted molar refractivity (Wildman–Crippen MR) is 41.4 cm³/mol. The van der Waals surface area contributed by atoms with Gasteiger partial charge in [0, 0.05) is 24.5 Å². The van der Waals surface area contributed by atoms with Gasteiger partial charge in [0.15, 0.2) is 0 Å². The van der Waals surface area contributed by atoms with Crippen LogP contribution in [0.15, 0.2) is 18.7 Å². The molecule has 2 N–H and O–H groups in total. The molecular formula is C7H9N3O2. The van der Waals surface area contributed by atoms with Crippen LogP contribution in [0.25, 0.3) is 0 Å². The molecular weight excluding hydrogens is 158 g/mol. The highest BCUT2D eigenvalue weighted by Gasteiger charge is 1.95. The molecule has 0 fully saturated rings. The van der Waals surface area contributed by atoms with Gasteiger partial charge in [-0.15, -0.1) is 0 Å². The van der Waals surface area contributed by atoms with Crippen molar-refractivity contribution in [2.45, 2.75) is 6.54 Å². The molecule has 0 bridgehead atoms. The maximum atomic E-state index is 10.1. The zero-order valence-electron chi connectivity index (χ0n) is 6.40. The highest BCUT2D eigenvalue weighted by Crippen LogP contribution is 1.90. The third-order valence-electron chi connectivity index (χ3n) is 1.22. The first-order valence-corrected chi connectivity index (χ1v) is 3.45. The van der Waals surface area contributed by atoms with Gasteiger partial charge in [-0.3, -0.25) is 4.79 Å². The SMILES string of the molecule is O=C(O)CNCc1cncnc1. The summed E-state index contributed by atoms with van der Waals surface area (Å²) in [7, 11) is 0. The zero-order valence-corrected chi connectivity index (χ0v) is 6.40. The molecule has 5 nitrogen and oxygen atoms in total. The summed E-state index contributed by atoms with van der Waals surface area (Å²) in [5, 5.41) is 11.0. The second-order valence-electron chi connectivity index (χ2n) is 2.24. The fraction of sp³-hybridized carbons (Fsp3) is 0.286. The Bertz CT molecular complexity index is 250. The van der Waals surface area contributed by atoms with E-state index in [1.54, 1.807) is 12.4 Å². The number of nitrogens with zero attached hydrogens (tertiary/aromatic N) is 2. The molecule has 1 rings (SSSR count). The average molecular weight is 167 g/mol. The first-order valence-electron chi connectivity index (χ1n) is 3.45.